The quantitative estimate of drug-likeness (QED) is 0.695. The van der Waals surface area contributed by atoms with Crippen molar-refractivity contribution in [2.45, 2.75) is 52.2 Å². The van der Waals surface area contributed by atoms with Crippen LogP contribution in [0.4, 0.5) is 0 Å². The third-order valence-electron chi connectivity index (χ3n) is 4.62. The summed E-state index contributed by atoms with van der Waals surface area (Å²) >= 11 is 0. The molecule has 0 amide bonds. The molecule has 0 aliphatic heterocycles. The number of hydrogen-bond donors (Lipinski definition) is 2. The largest absolute Gasteiger partial charge is 0.385 e. The van der Waals surface area contributed by atoms with E-state index in [1.807, 2.05) is 43.3 Å². The molecule has 0 aromatic heterocycles. The van der Waals surface area contributed by atoms with E-state index in [0.717, 1.165) is 16.7 Å². The molecule has 0 saturated carbocycles. The Bertz CT molecular complexity index is 820. The van der Waals surface area contributed by atoms with Gasteiger partial charge in [0.05, 0.1) is 5.25 Å². The summed E-state index contributed by atoms with van der Waals surface area (Å²) in [7, 11) is -5.23. The molecule has 0 aliphatic carbocycles. The van der Waals surface area contributed by atoms with Gasteiger partial charge in [-0.1, -0.05) is 51.1 Å². The van der Waals surface area contributed by atoms with Crippen molar-refractivity contribution >= 4 is 9.91 Å². The van der Waals surface area contributed by atoms with Crippen LogP contribution in [-0.4, -0.2) is 18.6 Å². The zero-order valence-electron chi connectivity index (χ0n) is 15.5. The van der Waals surface area contributed by atoms with E-state index >= 15 is 0 Å². The fourth-order valence-corrected chi connectivity index (χ4v) is 3.82. The Morgan fingerprint density at radius 2 is 1.68 bits per heavy atom. The molecule has 0 radical (unpaired) electrons. The molecule has 0 heterocycles. The molecule has 1 unspecified atom stereocenters. The van der Waals surface area contributed by atoms with Crippen LogP contribution in [0.25, 0.3) is 11.1 Å². The first-order valence-electron chi connectivity index (χ1n) is 8.59. The van der Waals surface area contributed by atoms with Crippen molar-refractivity contribution in [3.8, 4) is 16.9 Å². The van der Waals surface area contributed by atoms with Crippen molar-refractivity contribution < 1.29 is 17.5 Å². The lowest BCUT2D eigenvalue weighted by Crippen LogP contribution is -2.47. The highest BCUT2D eigenvalue weighted by Gasteiger charge is 2.39. The molecule has 5 heteroatoms. The van der Waals surface area contributed by atoms with Crippen LogP contribution in [0.5, 0.6) is 5.75 Å². The lowest BCUT2D eigenvalue weighted by atomic mass is 9.94. The number of hydrogen-bond acceptors (Lipinski definition) is 2. The lowest BCUT2D eigenvalue weighted by molar-refractivity contribution is 0.282. The molecule has 2 rings (SSSR count). The van der Waals surface area contributed by atoms with E-state index < -0.39 is 15.2 Å². The maximum absolute atomic E-state index is 12.7. The first-order chi connectivity index (χ1) is 11.5. The second kappa shape index (κ2) is 6.90. The maximum Gasteiger partial charge on any atom is 0.228 e. The van der Waals surface area contributed by atoms with Gasteiger partial charge in [-0.25, -0.2) is 0 Å². The van der Waals surface area contributed by atoms with Crippen LogP contribution in [0, 0.1) is 6.92 Å². The number of aryl methyl sites for hydroxylation is 1. The molecular formula is C20H28O4S. The van der Waals surface area contributed by atoms with Crippen molar-refractivity contribution in [1.82, 2.24) is 0 Å². The Morgan fingerprint density at radius 3 is 2.24 bits per heavy atom. The van der Waals surface area contributed by atoms with E-state index in [4.69, 9.17) is 4.18 Å². The van der Waals surface area contributed by atoms with Gasteiger partial charge in [-0.15, -0.1) is 0 Å². The van der Waals surface area contributed by atoms with Crippen molar-refractivity contribution in [2.24, 2.45) is 0 Å². The van der Waals surface area contributed by atoms with Crippen LogP contribution < -0.4 is 4.18 Å². The summed E-state index contributed by atoms with van der Waals surface area (Å²) in [6, 6.07) is 13.3. The van der Waals surface area contributed by atoms with Crippen molar-refractivity contribution in [1.29, 1.82) is 0 Å². The molecule has 0 bridgehead atoms. The predicted octanol–water partition coefficient (Wildman–Crippen LogP) is 5.64. The molecular weight excluding hydrogens is 336 g/mol. The SMILES string of the molecule is CCC(C)S(=O)(O)(O)Oc1ccc(C(C)C)cc1-c1ccccc1C. The summed E-state index contributed by atoms with van der Waals surface area (Å²) in [4.78, 5) is 0. The maximum atomic E-state index is 12.7. The van der Waals surface area contributed by atoms with Crippen LogP contribution in [0.3, 0.4) is 0 Å². The summed E-state index contributed by atoms with van der Waals surface area (Å²) in [5.41, 5.74) is 3.73. The van der Waals surface area contributed by atoms with Gasteiger partial charge in [0.25, 0.3) is 0 Å². The van der Waals surface area contributed by atoms with Crippen LogP contribution in [0.1, 0.15) is 51.2 Å². The van der Waals surface area contributed by atoms with E-state index in [2.05, 4.69) is 13.8 Å². The highest BCUT2D eigenvalue weighted by molar-refractivity contribution is 8.06. The average molecular weight is 365 g/mol. The molecule has 2 aromatic carbocycles. The second-order valence-corrected chi connectivity index (χ2v) is 9.55. The van der Waals surface area contributed by atoms with Gasteiger partial charge in [0, 0.05) is 5.56 Å². The van der Waals surface area contributed by atoms with Gasteiger partial charge in [-0.05, 0) is 55.0 Å². The predicted molar refractivity (Wildman–Crippen MR) is 104 cm³/mol. The van der Waals surface area contributed by atoms with Crippen molar-refractivity contribution in [3.63, 3.8) is 0 Å². The Labute approximate surface area is 150 Å². The highest BCUT2D eigenvalue weighted by atomic mass is 32.3. The van der Waals surface area contributed by atoms with Crippen LogP contribution in [-0.2, 0) is 9.91 Å². The van der Waals surface area contributed by atoms with Gasteiger partial charge < -0.3 is 4.18 Å². The summed E-state index contributed by atoms with van der Waals surface area (Å²) < 4.78 is 38.7. The minimum Gasteiger partial charge on any atom is -0.385 e. The Balaban J connectivity index is 2.63. The van der Waals surface area contributed by atoms with Gasteiger partial charge in [-0.3, -0.25) is 9.11 Å². The fraction of sp³-hybridized carbons (Fsp3) is 0.400. The van der Waals surface area contributed by atoms with Gasteiger partial charge in [-0.2, -0.15) is 4.21 Å². The lowest BCUT2D eigenvalue weighted by Gasteiger charge is -2.36. The Hall–Kier alpha value is -1.69. The first kappa shape index (κ1) is 19.6. The highest BCUT2D eigenvalue weighted by Crippen LogP contribution is 2.39. The Kier molecular flexibility index (Phi) is 5.42. The normalized spacial score (nSPS) is 14.8. The van der Waals surface area contributed by atoms with E-state index in [-0.39, 0.29) is 5.75 Å². The molecule has 0 fully saturated rings. The molecule has 2 N–H and O–H groups in total. The molecule has 25 heavy (non-hydrogen) atoms. The van der Waals surface area contributed by atoms with Crippen molar-refractivity contribution in [3.05, 3.63) is 53.6 Å². The zero-order chi connectivity index (χ0) is 18.9. The number of benzene rings is 2. The summed E-state index contributed by atoms with van der Waals surface area (Å²) in [6.45, 7) is 9.38. The third kappa shape index (κ3) is 4.29. The Morgan fingerprint density at radius 1 is 1.04 bits per heavy atom. The van der Waals surface area contributed by atoms with Gasteiger partial charge in [0.15, 0.2) is 5.75 Å². The van der Waals surface area contributed by atoms with E-state index in [1.54, 1.807) is 13.0 Å². The molecule has 2 aromatic rings. The van der Waals surface area contributed by atoms with Crippen LogP contribution in [0.15, 0.2) is 42.5 Å². The summed E-state index contributed by atoms with van der Waals surface area (Å²) in [6.07, 6.45) is 0.322. The van der Waals surface area contributed by atoms with Crippen molar-refractivity contribution in [2.75, 3.05) is 0 Å². The third-order valence-corrected chi connectivity index (χ3v) is 6.82. The fourth-order valence-electron chi connectivity index (χ4n) is 2.60. The summed E-state index contributed by atoms with van der Waals surface area (Å²) in [5.74, 6) is 0.510. The number of rotatable bonds is 6. The van der Waals surface area contributed by atoms with Crippen LogP contribution >= 0.6 is 0 Å². The topological polar surface area (TPSA) is 66.8 Å². The van der Waals surface area contributed by atoms with Gasteiger partial charge in [0.1, 0.15) is 0 Å². The minimum absolute atomic E-state index is 0.209. The van der Waals surface area contributed by atoms with E-state index in [1.165, 1.54) is 6.92 Å². The van der Waals surface area contributed by atoms with Crippen LogP contribution in [0.2, 0.25) is 0 Å². The molecule has 4 nitrogen and oxygen atoms in total. The zero-order valence-corrected chi connectivity index (χ0v) is 16.3. The minimum atomic E-state index is -5.23. The summed E-state index contributed by atoms with van der Waals surface area (Å²) in [5, 5.41) is -0.897. The molecule has 0 saturated heterocycles. The average Bonchev–Trinajstić information content (AvgIpc) is 2.54. The molecule has 1 atom stereocenters. The van der Waals surface area contributed by atoms with E-state index in [0.29, 0.717) is 17.9 Å². The second-order valence-electron chi connectivity index (χ2n) is 6.88. The first-order valence-corrected chi connectivity index (χ1v) is 10.5. The molecule has 0 aliphatic rings. The molecule has 0 spiro atoms. The standard InChI is InChI=1S/C20H28O4S/c1-6-16(5)25(21,22,23)24-20-12-11-17(14(2)3)13-19(20)18-10-8-7-9-15(18)4/h7-14,16H,6H2,1-5H3,(H2,21,22,23). The van der Waals surface area contributed by atoms with Gasteiger partial charge in [0.2, 0.25) is 9.91 Å². The monoisotopic (exact) mass is 364 g/mol. The molecule has 138 valence electrons. The van der Waals surface area contributed by atoms with E-state index in [9.17, 15) is 13.3 Å². The van der Waals surface area contributed by atoms with Gasteiger partial charge >= 0.3 is 0 Å². The smallest absolute Gasteiger partial charge is 0.228 e.